The Hall–Kier alpha value is -1.63. The molecule has 3 rings (SSSR count). The van der Waals surface area contributed by atoms with Crippen LogP contribution in [-0.4, -0.2) is 53.4 Å². The van der Waals surface area contributed by atoms with Crippen LogP contribution in [0, 0.1) is 0 Å². The Morgan fingerprint density at radius 2 is 2.25 bits per heavy atom. The lowest BCUT2D eigenvalue weighted by Gasteiger charge is -2.31. The lowest BCUT2D eigenvalue weighted by atomic mass is 9.83. The minimum Gasteiger partial charge on any atom is -0.342 e. The Bertz CT molecular complexity index is 526. The maximum atomic E-state index is 12.1. The van der Waals surface area contributed by atoms with Gasteiger partial charge in [0.2, 0.25) is 5.91 Å². The lowest BCUT2D eigenvalue weighted by molar-refractivity contribution is -0.133. The summed E-state index contributed by atoms with van der Waals surface area (Å²) in [5.74, 6) is 0.544. The molecular weight excluding hydrogens is 276 g/mol. The van der Waals surface area contributed by atoms with Crippen LogP contribution in [0.4, 0.5) is 9.93 Å². The molecule has 2 fully saturated rings. The molecule has 0 radical (unpaired) electrons. The maximum Gasteiger partial charge on any atom is 0.324 e. The fourth-order valence-electron chi connectivity index (χ4n) is 2.34. The number of hydrogen-bond donors (Lipinski definition) is 1. The fraction of sp³-hybridized carbons (Fsp3) is 0.615. The number of carbonyl (C=O) groups excluding carboxylic acids is 2. The second-order valence-corrected chi connectivity index (χ2v) is 6.23. The first-order valence-corrected chi connectivity index (χ1v) is 7.77. The van der Waals surface area contributed by atoms with Crippen LogP contribution in [0.1, 0.15) is 30.9 Å². The summed E-state index contributed by atoms with van der Waals surface area (Å²) in [5.41, 5.74) is 1.09. The van der Waals surface area contributed by atoms with Crippen LogP contribution in [0.25, 0.3) is 0 Å². The summed E-state index contributed by atoms with van der Waals surface area (Å²) in [6.45, 7) is 1.29. The van der Waals surface area contributed by atoms with Crippen molar-refractivity contribution in [2.45, 2.75) is 25.2 Å². The number of urea groups is 1. The lowest BCUT2D eigenvalue weighted by Crippen LogP contribution is -2.51. The first-order chi connectivity index (χ1) is 9.63. The highest BCUT2D eigenvalue weighted by molar-refractivity contribution is 7.13. The molecule has 0 unspecified atom stereocenters. The van der Waals surface area contributed by atoms with Gasteiger partial charge in [0.15, 0.2) is 5.13 Å². The number of piperazine rings is 1. The number of likely N-dealkylation sites (N-methyl/N-ethyl adjacent to an activating group) is 1. The van der Waals surface area contributed by atoms with E-state index in [2.05, 4.69) is 10.3 Å². The number of thiazole rings is 1. The van der Waals surface area contributed by atoms with E-state index >= 15 is 0 Å². The number of rotatable bonds is 2. The molecule has 1 aliphatic heterocycles. The Kier molecular flexibility index (Phi) is 3.60. The average Bonchev–Trinajstić information content (AvgIpc) is 2.78. The van der Waals surface area contributed by atoms with Gasteiger partial charge < -0.3 is 9.80 Å². The summed E-state index contributed by atoms with van der Waals surface area (Å²) in [5, 5.41) is 5.44. The number of amides is 3. The third-order valence-electron chi connectivity index (χ3n) is 4.00. The van der Waals surface area contributed by atoms with Crippen LogP contribution >= 0.6 is 11.3 Å². The number of aromatic nitrogens is 1. The smallest absolute Gasteiger partial charge is 0.324 e. The van der Waals surface area contributed by atoms with E-state index in [1.54, 1.807) is 11.9 Å². The van der Waals surface area contributed by atoms with Gasteiger partial charge in [0.25, 0.3) is 0 Å². The molecule has 2 aliphatic rings. The molecule has 0 atom stereocenters. The Balaban J connectivity index is 1.58. The summed E-state index contributed by atoms with van der Waals surface area (Å²) in [6, 6.07) is -0.235. The van der Waals surface area contributed by atoms with Crippen LogP contribution in [-0.2, 0) is 4.79 Å². The van der Waals surface area contributed by atoms with E-state index in [9.17, 15) is 9.59 Å². The molecule has 1 N–H and O–H groups in total. The van der Waals surface area contributed by atoms with Gasteiger partial charge in [-0.3, -0.25) is 10.1 Å². The van der Waals surface area contributed by atoms with Gasteiger partial charge in [-0.05, 0) is 12.8 Å². The zero-order valence-electron chi connectivity index (χ0n) is 11.5. The maximum absolute atomic E-state index is 12.1. The van der Waals surface area contributed by atoms with Gasteiger partial charge in [0.05, 0.1) is 5.69 Å². The predicted octanol–water partition coefficient (Wildman–Crippen LogP) is 1.72. The Morgan fingerprint density at radius 1 is 1.45 bits per heavy atom. The molecule has 20 heavy (non-hydrogen) atoms. The number of nitrogens with one attached hydrogen (secondary N) is 1. The normalized spacial score (nSPS) is 19.9. The largest absolute Gasteiger partial charge is 0.342 e. The first kappa shape index (κ1) is 13.4. The fourth-order valence-corrected chi connectivity index (χ4v) is 3.12. The van der Waals surface area contributed by atoms with Crippen molar-refractivity contribution in [2.24, 2.45) is 0 Å². The van der Waals surface area contributed by atoms with Crippen molar-refractivity contribution in [3.8, 4) is 0 Å². The second-order valence-electron chi connectivity index (χ2n) is 5.37. The number of hydrogen-bond acceptors (Lipinski definition) is 4. The molecule has 0 aromatic carbocycles. The summed E-state index contributed by atoms with van der Waals surface area (Å²) >= 11 is 1.46. The highest BCUT2D eigenvalue weighted by Gasteiger charge is 2.26. The molecule has 108 valence electrons. The number of nitrogens with zero attached hydrogens (tertiary/aromatic N) is 3. The molecule has 1 saturated carbocycles. The van der Waals surface area contributed by atoms with Gasteiger partial charge in [-0.15, -0.1) is 11.3 Å². The number of anilines is 1. The minimum absolute atomic E-state index is 0.0271. The second kappa shape index (κ2) is 5.40. The van der Waals surface area contributed by atoms with Gasteiger partial charge in [-0.25, -0.2) is 9.78 Å². The molecule has 0 spiro atoms. The van der Waals surface area contributed by atoms with Crippen LogP contribution < -0.4 is 5.32 Å². The zero-order chi connectivity index (χ0) is 14.1. The molecule has 1 aromatic rings. The quantitative estimate of drug-likeness (QED) is 0.903. The Morgan fingerprint density at radius 3 is 2.90 bits per heavy atom. The first-order valence-electron chi connectivity index (χ1n) is 6.89. The van der Waals surface area contributed by atoms with Crippen molar-refractivity contribution in [2.75, 3.05) is 32.0 Å². The molecule has 2 heterocycles. The molecule has 1 aromatic heterocycles. The van der Waals surface area contributed by atoms with Gasteiger partial charge in [0.1, 0.15) is 6.54 Å². The molecule has 0 bridgehead atoms. The summed E-state index contributed by atoms with van der Waals surface area (Å²) < 4.78 is 0. The van der Waals surface area contributed by atoms with Crippen LogP contribution in [0.5, 0.6) is 0 Å². The monoisotopic (exact) mass is 294 g/mol. The van der Waals surface area contributed by atoms with Gasteiger partial charge in [-0.1, -0.05) is 6.42 Å². The third-order valence-corrected chi connectivity index (χ3v) is 4.78. The van der Waals surface area contributed by atoms with Crippen LogP contribution in [0.15, 0.2) is 5.38 Å². The van der Waals surface area contributed by atoms with Crippen molar-refractivity contribution in [1.82, 2.24) is 14.8 Å². The van der Waals surface area contributed by atoms with Crippen molar-refractivity contribution < 1.29 is 9.59 Å². The SMILES string of the molecule is CN1CCN(C(=O)Nc2nc(C3CCC3)cs2)CC1=O. The summed E-state index contributed by atoms with van der Waals surface area (Å²) in [6.07, 6.45) is 3.67. The Labute approximate surface area is 121 Å². The third kappa shape index (κ3) is 2.63. The van der Waals surface area contributed by atoms with Crippen molar-refractivity contribution in [1.29, 1.82) is 0 Å². The molecule has 1 saturated heterocycles. The van der Waals surface area contributed by atoms with E-state index in [0.29, 0.717) is 24.1 Å². The van der Waals surface area contributed by atoms with Crippen molar-refractivity contribution >= 4 is 28.4 Å². The van der Waals surface area contributed by atoms with Crippen LogP contribution in [0.3, 0.4) is 0 Å². The highest BCUT2D eigenvalue weighted by Crippen LogP contribution is 2.37. The minimum atomic E-state index is -0.235. The molecule has 3 amide bonds. The van der Waals surface area contributed by atoms with Gasteiger partial charge in [-0.2, -0.15) is 0 Å². The predicted molar refractivity (Wildman–Crippen MR) is 76.9 cm³/mol. The van der Waals surface area contributed by atoms with Crippen LogP contribution in [0.2, 0.25) is 0 Å². The molecule has 6 nitrogen and oxygen atoms in total. The van der Waals surface area contributed by atoms with Crippen molar-refractivity contribution in [3.05, 3.63) is 11.1 Å². The van der Waals surface area contributed by atoms with E-state index in [4.69, 9.17) is 0 Å². The zero-order valence-corrected chi connectivity index (χ0v) is 12.3. The van der Waals surface area contributed by atoms with E-state index in [1.807, 2.05) is 5.38 Å². The molecular formula is C13H18N4O2S. The standard InChI is InChI=1S/C13H18N4O2S/c1-16-5-6-17(7-11(16)18)13(19)15-12-14-10(8-20-12)9-3-2-4-9/h8-9H,2-7H2,1H3,(H,14,15,19). The molecule has 7 heteroatoms. The van der Waals surface area contributed by atoms with E-state index in [1.165, 1.54) is 35.5 Å². The number of carbonyl (C=O) groups is 2. The van der Waals surface area contributed by atoms with Crippen molar-refractivity contribution in [3.63, 3.8) is 0 Å². The van der Waals surface area contributed by atoms with Gasteiger partial charge >= 0.3 is 6.03 Å². The van der Waals surface area contributed by atoms with E-state index in [-0.39, 0.29) is 18.5 Å². The summed E-state index contributed by atoms with van der Waals surface area (Å²) in [4.78, 5) is 31.3. The topological polar surface area (TPSA) is 65.5 Å². The average molecular weight is 294 g/mol. The van der Waals surface area contributed by atoms with E-state index < -0.39 is 0 Å². The molecule has 1 aliphatic carbocycles. The van der Waals surface area contributed by atoms with E-state index in [0.717, 1.165) is 5.69 Å². The summed E-state index contributed by atoms with van der Waals surface area (Å²) in [7, 11) is 1.75. The highest BCUT2D eigenvalue weighted by atomic mass is 32.1. The van der Waals surface area contributed by atoms with Gasteiger partial charge in [0, 0.05) is 31.4 Å².